The van der Waals surface area contributed by atoms with Crippen LogP contribution in [0.2, 0.25) is 0 Å². The van der Waals surface area contributed by atoms with Gasteiger partial charge in [0.15, 0.2) is 0 Å². The van der Waals surface area contributed by atoms with Gasteiger partial charge < -0.3 is 20.9 Å². The van der Waals surface area contributed by atoms with Crippen LogP contribution in [-0.2, 0) is 4.79 Å². The van der Waals surface area contributed by atoms with E-state index in [9.17, 15) is 9.90 Å². The van der Waals surface area contributed by atoms with E-state index in [1.807, 2.05) is 24.3 Å². The number of carbonyl (C=O) groups is 1. The molecule has 1 fully saturated rings. The highest BCUT2D eigenvalue weighted by Gasteiger charge is 2.19. The second kappa shape index (κ2) is 7.26. The summed E-state index contributed by atoms with van der Waals surface area (Å²) in [5.74, 6) is 1.09. The fourth-order valence-corrected chi connectivity index (χ4v) is 2.34. The predicted molar refractivity (Wildman–Crippen MR) is 76.3 cm³/mol. The highest BCUT2D eigenvalue weighted by atomic mass is 16.5. The number of ether oxygens (including phenoxy) is 1. The topological polar surface area (TPSA) is 84.6 Å². The third-order valence-corrected chi connectivity index (χ3v) is 3.52. The van der Waals surface area contributed by atoms with Crippen molar-refractivity contribution in [3.63, 3.8) is 0 Å². The SMILES string of the molecule is NCC[C@@H](O)c1cccc(OCC2CCNC(=O)C2)c1. The van der Waals surface area contributed by atoms with Gasteiger partial charge in [-0.2, -0.15) is 0 Å². The summed E-state index contributed by atoms with van der Waals surface area (Å²) >= 11 is 0. The first kappa shape index (κ1) is 14.8. The van der Waals surface area contributed by atoms with Crippen molar-refractivity contribution in [3.8, 4) is 5.75 Å². The number of amides is 1. The van der Waals surface area contributed by atoms with Crippen molar-refractivity contribution in [3.05, 3.63) is 29.8 Å². The third kappa shape index (κ3) is 4.21. The third-order valence-electron chi connectivity index (χ3n) is 3.52. The molecule has 1 aromatic carbocycles. The van der Waals surface area contributed by atoms with Crippen molar-refractivity contribution >= 4 is 5.91 Å². The van der Waals surface area contributed by atoms with Crippen molar-refractivity contribution in [2.45, 2.75) is 25.4 Å². The van der Waals surface area contributed by atoms with Crippen LogP contribution >= 0.6 is 0 Å². The summed E-state index contributed by atoms with van der Waals surface area (Å²) in [6, 6.07) is 7.42. The second-order valence-corrected chi connectivity index (χ2v) is 5.19. The molecule has 5 heteroatoms. The number of aliphatic hydroxyl groups is 1. The molecule has 1 aromatic rings. The number of nitrogens with one attached hydrogen (secondary N) is 1. The van der Waals surface area contributed by atoms with Crippen molar-refractivity contribution in [1.82, 2.24) is 5.32 Å². The van der Waals surface area contributed by atoms with Gasteiger partial charge in [0, 0.05) is 18.9 Å². The van der Waals surface area contributed by atoms with Crippen LogP contribution < -0.4 is 15.8 Å². The molecule has 0 bridgehead atoms. The van der Waals surface area contributed by atoms with E-state index >= 15 is 0 Å². The molecule has 1 aliphatic rings. The maximum Gasteiger partial charge on any atom is 0.220 e. The molecular weight excluding hydrogens is 256 g/mol. The van der Waals surface area contributed by atoms with Crippen LogP contribution in [0.25, 0.3) is 0 Å². The monoisotopic (exact) mass is 278 g/mol. The van der Waals surface area contributed by atoms with Crippen LogP contribution in [0.4, 0.5) is 0 Å². The molecule has 110 valence electrons. The number of hydrogen-bond acceptors (Lipinski definition) is 4. The molecule has 0 radical (unpaired) electrons. The Bertz CT molecular complexity index is 450. The first-order valence-corrected chi connectivity index (χ1v) is 7.06. The first-order chi connectivity index (χ1) is 9.69. The van der Waals surface area contributed by atoms with E-state index in [1.54, 1.807) is 0 Å². The Kier molecular flexibility index (Phi) is 5.38. The van der Waals surface area contributed by atoms with Gasteiger partial charge in [0.2, 0.25) is 5.91 Å². The second-order valence-electron chi connectivity index (χ2n) is 5.19. The number of carbonyl (C=O) groups excluding carboxylic acids is 1. The summed E-state index contributed by atoms with van der Waals surface area (Å²) in [6.07, 6.45) is 1.45. The van der Waals surface area contributed by atoms with Crippen molar-refractivity contribution in [2.75, 3.05) is 19.7 Å². The van der Waals surface area contributed by atoms with Crippen molar-refractivity contribution in [1.29, 1.82) is 0 Å². The summed E-state index contributed by atoms with van der Waals surface area (Å²) in [6.45, 7) is 1.70. The zero-order valence-electron chi connectivity index (χ0n) is 11.5. The van der Waals surface area contributed by atoms with E-state index in [2.05, 4.69) is 5.32 Å². The highest BCUT2D eigenvalue weighted by molar-refractivity contribution is 5.76. The molecule has 1 unspecified atom stereocenters. The minimum absolute atomic E-state index is 0.0944. The molecule has 0 aromatic heterocycles. The molecule has 0 saturated carbocycles. The maximum atomic E-state index is 11.3. The van der Waals surface area contributed by atoms with Gasteiger partial charge in [0.05, 0.1) is 12.7 Å². The van der Waals surface area contributed by atoms with E-state index in [0.29, 0.717) is 26.0 Å². The Labute approximate surface area is 119 Å². The predicted octanol–water partition coefficient (Wildman–Crippen LogP) is 0.974. The van der Waals surface area contributed by atoms with Crippen LogP contribution in [-0.4, -0.2) is 30.7 Å². The molecule has 0 spiro atoms. The minimum atomic E-state index is -0.552. The summed E-state index contributed by atoms with van der Waals surface area (Å²) in [4.78, 5) is 11.3. The van der Waals surface area contributed by atoms with Crippen LogP contribution in [0, 0.1) is 5.92 Å². The van der Waals surface area contributed by atoms with Gasteiger partial charge in [0.25, 0.3) is 0 Å². The van der Waals surface area contributed by atoms with E-state index in [-0.39, 0.29) is 11.8 Å². The van der Waals surface area contributed by atoms with Gasteiger partial charge in [0.1, 0.15) is 5.75 Å². The van der Waals surface area contributed by atoms with Gasteiger partial charge >= 0.3 is 0 Å². The molecule has 1 aliphatic heterocycles. The quantitative estimate of drug-likeness (QED) is 0.724. The molecule has 5 nitrogen and oxygen atoms in total. The molecule has 0 aliphatic carbocycles. The van der Waals surface area contributed by atoms with Crippen LogP contribution in [0.5, 0.6) is 5.75 Å². The number of aliphatic hydroxyl groups excluding tert-OH is 1. The van der Waals surface area contributed by atoms with Gasteiger partial charge in [-0.05, 0) is 37.1 Å². The summed E-state index contributed by atoms with van der Waals surface area (Å²) in [7, 11) is 0. The van der Waals surface area contributed by atoms with Gasteiger partial charge in [-0.1, -0.05) is 12.1 Å². The standard InChI is InChI=1S/C15H22N2O3/c16-6-4-14(18)12-2-1-3-13(9-12)20-10-11-5-7-17-15(19)8-11/h1-3,9,11,14,18H,4-8,10,16H2,(H,17,19)/t11?,14-/m1/s1. The normalized spacial score (nSPS) is 20.3. The Morgan fingerprint density at radius 3 is 3.10 bits per heavy atom. The molecule has 2 atom stereocenters. The summed E-state index contributed by atoms with van der Waals surface area (Å²) < 4.78 is 5.74. The molecule has 4 N–H and O–H groups in total. The zero-order valence-corrected chi connectivity index (χ0v) is 11.5. The first-order valence-electron chi connectivity index (χ1n) is 7.06. The number of benzene rings is 1. The Hall–Kier alpha value is -1.59. The maximum absolute atomic E-state index is 11.3. The molecule has 20 heavy (non-hydrogen) atoms. The Balaban J connectivity index is 1.89. The lowest BCUT2D eigenvalue weighted by atomic mass is 9.99. The lowest BCUT2D eigenvalue weighted by Crippen LogP contribution is -2.35. The van der Waals surface area contributed by atoms with Crippen molar-refractivity contribution < 1.29 is 14.6 Å². The van der Waals surface area contributed by atoms with Crippen LogP contribution in [0.3, 0.4) is 0 Å². The minimum Gasteiger partial charge on any atom is -0.493 e. The van der Waals surface area contributed by atoms with Gasteiger partial charge in [-0.25, -0.2) is 0 Å². The molecular formula is C15H22N2O3. The molecule has 1 heterocycles. The molecule has 1 amide bonds. The zero-order chi connectivity index (χ0) is 14.4. The summed E-state index contributed by atoms with van der Waals surface area (Å²) in [5.41, 5.74) is 6.26. The van der Waals surface area contributed by atoms with E-state index in [1.165, 1.54) is 0 Å². The lowest BCUT2D eigenvalue weighted by molar-refractivity contribution is -0.123. The van der Waals surface area contributed by atoms with Crippen LogP contribution in [0.1, 0.15) is 30.9 Å². The fraction of sp³-hybridized carbons (Fsp3) is 0.533. The molecule has 1 saturated heterocycles. The fourth-order valence-electron chi connectivity index (χ4n) is 2.34. The number of rotatable bonds is 6. The number of nitrogens with two attached hydrogens (primary N) is 1. The average Bonchev–Trinajstić information content (AvgIpc) is 2.46. The average molecular weight is 278 g/mol. The van der Waals surface area contributed by atoms with E-state index in [0.717, 1.165) is 24.3 Å². The van der Waals surface area contributed by atoms with E-state index < -0.39 is 6.10 Å². The Morgan fingerprint density at radius 1 is 1.50 bits per heavy atom. The lowest BCUT2D eigenvalue weighted by Gasteiger charge is -2.22. The number of hydrogen-bond donors (Lipinski definition) is 3. The van der Waals surface area contributed by atoms with Gasteiger partial charge in [-0.3, -0.25) is 4.79 Å². The van der Waals surface area contributed by atoms with Crippen molar-refractivity contribution in [2.24, 2.45) is 11.7 Å². The van der Waals surface area contributed by atoms with Crippen LogP contribution in [0.15, 0.2) is 24.3 Å². The Morgan fingerprint density at radius 2 is 2.35 bits per heavy atom. The summed E-state index contributed by atoms with van der Waals surface area (Å²) in [5, 5.41) is 12.7. The van der Waals surface area contributed by atoms with Gasteiger partial charge in [-0.15, -0.1) is 0 Å². The largest absolute Gasteiger partial charge is 0.493 e. The van der Waals surface area contributed by atoms with E-state index in [4.69, 9.17) is 10.5 Å². The number of piperidine rings is 1. The molecule has 2 rings (SSSR count). The smallest absolute Gasteiger partial charge is 0.220 e. The highest BCUT2D eigenvalue weighted by Crippen LogP contribution is 2.22.